The molecule has 1 aliphatic heterocycles. The number of carbonyl (C=O) groups excluding carboxylic acids is 2. The third-order valence-electron chi connectivity index (χ3n) is 8.41. The van der Waals surface area contributed by atoms with Gasteiger partial charge in [0, 0.05) is 24.1 Å². The van der Waals surface area contributed by atoms with Crippen LogP contribution in [0.25, 0.3) is 0 Å². The Morgan fingerprint density at radius 2 is 1.59 bits per heavy atom. The molecular weight excluding hydrogens is 552 g/mol. The van der Waals surface area contributed by atoms with Gasteiger partial charge in [-0.2, -0.15) is 0 Å². The standard InChI is InChI=1S/C37H56N2O5/c1-14-43-33(40)32-29(36(7,8)9)30(38-22-24-21-25(35(4,5)6)19-20-28(24)42-13)31(39(32)34(41)44-37(10,11)12)27-18-16-15-17-26(27)23(2)3/h15-21,23,29-32,38H,14,22H2,1-13H3/t29-,30-,31-,32-/m0/s1. The van der Waals surface area contributed by atoms with E-state index in [9.17, 15) is 9.59 Å². The Balaban J connectivity index is 2.29. The highest BCUT2D eigenvalue weighted by atomic mass is 16.6. The normalized spacial score (nSPS) is 21.0. The third-order valence-corrected chi connectivity index (χ3v) is 8.41. The molecule has 1 N–H and O–H groups in total. The van der Waals surface area contributed by atoms with E-state index in [-0.39, 0.29) is 35.3 Å². The molecule has 0 aliphatic carbocycles. The zero-order valence-corrected chi connectivity index (χ0v) is 29.3. The number of ether oxygens (including phenoxy) is 3. The molecule has 2 aromatic carbocycles. The summed E-state index contributed by atoms with van der Waals surface area (Å²) >= 11 is 0. The lowest BCUT2D eigenvalue weighted by atomic mass is 9.72. The largest absolute Gasteiger partial charge is 0.496 e. The highest BCUT2D eigenvalue weighted by Crippen LogP contribution is 2.50. The lowest BCUT2D eigenvalue weighted by Gasteiger charge is -2.36. The van der Waals surface area contributed by atoms with Gasteiger partial charge in [0.2, 0.25) is 0 Å². The molecule has 0 bridgehead atoms. The maximum absolute atomic E-state index is 14.2. The number of benzene rings is 2. The molecule has 1 amide bonds. The van der Waals surface area contributed by atoms with Crippen molar-refractivity contribution in [3.8, 4) is 5.75 Å². The smallest absolute Gasteiger partial charge is 0.411 e. The van der Waals surface area contributed by atoms with E-state index in [0.29, 0.717) is 6.54 Å². The topological polar surface area (TPSA) is 77.1 Å². The van der Waals surface area contributed by atoms with Crippen LogP contribution in [0.15, 0.2) is 42.5 Å². The first-order chi connectivity index (χ1) is 20.3. The van der Waals surface area contributed by atoms with E-state index >= 15 is 0 Å². The molecule has 1 saturated heterocycles. The molecule has 3 rings (SSSR count). The third kappa shape index (κ3) is 7.96. The van der Waals surface area contributed by atoms with Crippen LogP contribution >= 0.6 is 0 Å². The average molecular weight is 609 g/mol. The number of hydrogen-bond acceptors (Lipinski definition) is 6. The Hall–Kier alpha value is -3.06. The molecular formula is C37H56N2O5. The highest BCUT2D eigenvalue weighted by molar-refractivity contribution is 5.84. The molecule has 0 unspecified atom stereocenters. The first-order valence-corrected chi connectivity index (χ1v) is 16.0. The van der Waals surface area contributed by atoms with Crippen LogP contribution in [-0.4, -0.2) is 48.4 Å². The van der Waals surface area contributed by atoms with Crippen LogP contribution < -0.4 is 10.1 Å². The fourth-order valence-electron chi connectivity index (χ4n) is 6.45. The van der Waals surface area contributed by atoms with E-state index in [0.717, 1.165) is 22.4 Å². The molecule has 7 heteroatoms. The van der Waals surface area contributed by atoms with E-state index in [1.54, 1.807) is 18.9 Å². The molecule has 1 fully saturated rings. The van der Waals surface area contributed by atoms with Crippen molar-refractivity contribution >= 4 is 12.1 Å². The first kappa shape index (κ1) is 35.4. The Labute approximate surface area is 266 Å². The van der Waals surface area contributed by atoms with Crippen molar-refractivity contribution in [2.24, 2.45) is 11.3 Å². The van der Waals surface area contributed by atoms with Gasteiger partial charge >= 0.3 is 12.1 Å². The summed E-state index contributed by atoms with van der Waals surface area (Å²) in [5, 5.41) is 3.86. The molecule has 1 heterocycles. The molecule has 0 radical (unpaired) electrons. The van der Waals surface area contributed by atoms with Crippen molar-refractivity contribution in [1.82, 2.24) is 10.2 Å². The van der Waals surface area contributed by atoms with Crippen molar-refractivity contribution in [3.05, 3.63) is 64.7 Å². The summed E-state index contributed by atoms with van der Waals surface area (Å²) in [6.45, 7) is 25.3. The van der Waals surface area contributed by atoms with Crippen LogP contribution in [0.2, 0.25) is 0 Å². The Morgan fingerprint density at radius 3 is 2.11 bits per heavy atom. The first-order valence-electron chi connectivity index (χ1n) is 16.0. The molecule has 7 nitrogen and oxygen atoms in total. The summed E-state index contributed by atoms with van der Waals surface area (Å²) in [6, 6.07) is 12.9. The van der Waals surface area contributed by atoms with Crippen molar-refractivity contribution in [2.75, 3.05) is 13.7 Å². The van der Waals surface area contributed by atoms with Gasteiger partial charge in [-0.15, -0.1) is 0 Å². The quantitative estimate of drug-likeness (QED) is 0.305. The number of nitrogens with zero attached hydrogens (tertiary/aromatic N) is 1. The Morgan fingerprint density at radius 1 is 0.955 bits per heavy atom. The van der Waals surface area contributed by atoms with Gasteiger partial charge in [-0.3, -0.25) is 4.90 Å². The van der Waals surface area contributed by atoms with Gasteiger partial charge < -0.3 is 19.5 Å². The number of carbonyl (C=O) groups is 2. The molecule has 44 heavy (non-hydrogen) atoms. The van der Waals surface area contributed by atoms with Crippen LogP contribution in [0.4, 0.5) is 4.79 Å². The van der Waals surface area contributed by atoms with Gasteiger partial charge in [0.25, 0.3) is 0 Å². The summed E-state index contributed by atoms with van der Waals surface area (Å²) in [7, 11) is 1.69. The van der Waals surface area contributed by atoms with E-state index in [2.05, 4.69) is 85.0 Å². The van der Waals surface area contributed by atoms with Crippen molar-refractivity contribution in [1.29, 1.82) is 0 Å². The number of amides is 1. The minimum absolute atomic E-state index is 0.0381. The second kappa shape index (κ2) is 13.5. The SMILES string of the molecule is CCOC(=O)[C@@H]1[C@@H](C(C)(C)C)[C@H](NCc2cc(C(C)(C)C)ccc2OC)[C@H](c2ccccc2C(C)C)N1C(=O)OC(C)(C)C. The van der Waals surface area contributed by atoms with Crippen molar-refractivity contribution < 1.29 is 23.8 Å². The van der Waals surface area contributed by atoms with Crippen LogP contribution in [0, 0.1) is 11.3 Å². The fourth-order valence-corrected chi connectivity index (χ4v) is 6.45. The van der Waals surface area contributed by atoms with Gasteiger partial charge in [0.15, 0.2) is 0 Å². The lowest BCUT2D eigenvalue weighted by molar-refractivity contribution is -0.151. The molecule has 0 spiro atoms. The zero-order chi connectivity index (χ0) is 33.2. The highest BCUT2D eigenvalue weighted by Gasteiger charge is 2.59. The molecule has 4 atom stereocenters. The second-order valence-electron chi connectivity index (χ2n) is 15.4. The summed E-state index contributed by atoms with van der Waals surface area (Å²) in [4.78, 5) is 29.8. The second-order valence-corrected chi connectivity index (χ2v) is 15.4. The zero-order valence-electron chi connectivity index (χ0n) is 29.3. The minimum atomic E-state index is -0.852. The molecule has 2 aromatic rings. The van der Waals surface area contributed by atoms with E-state index < -0.39 is 29.7 Å². The van der Waals surface area contributed by atoms with E-state index in [1.807, 2.05) is 39.0 Å². The molecule has 0 saturated carbocycles. The van der Waals surface area contributed by atoms with Gasteiger partial charge in [0.1, 0.15) is 17.4 Å². The summed E-state index contributed by atoms with van der Waals surface area (Å²) in [5.74, 6) is 0.282. The van der Waals surface area contributed by atoms with Gasteiger partial charge in [-0.05, 0) is 67.2 Å². The van der Waals surface area contributed by atoms with Crippen LogP contribution in [0.3, 0.4) is 0 Å². The number of likely N-dealkylation sites (tertiary alicyclic amines) is 1. The predicted octanol–water partition coefficient (Wildman–Crippen LogP) is 8.16. The number of nitrogens with one attached hydrogen (secondary N) is 1. The fraction of sp³-hybridized carbons (Fsp3) is 0.622. The van der Waals surface area contributed by atoms with Gasteiger partial charge in [-0.25, -0.2) is 9.59 Å². The van der Waals surface area contributed by atoms with Crippen LogP contribution in [0.5, 0.6) is 5.75 Å². The maximum Gasteiger partial charge on any atom is 0.411 e. The number of hydrogen-bond donors (Lipinski definition) is 1. The predicted molar refractivity (Wildman–Crippen MR) is 177 cm³/mol. The maximum atomic E-state index is 14.2. The van der Waals surface area contributed by atoms with E-state index in [1.165, 1.54) is 5.56 Å². The summed E-state index contributed by atoms with van der Waals surface area (Å²) in [6.07, 6.45) is -0.523. The average Bonchev–Trinajstić information content (AvgIpc) is 3.26. The summed E-state index contributed by atoms with van der Waals surface area (Å²) in [5.41, 5.74) is 3.19. The molecule has 1 aliphatic rings. The van der Waals surface area contributed by atoms with Gasteiger partial charge in [0.05, 0.1) is 19.8 Å². The molecule has 0 aromatic heterocycles. The number of rotatable bonds is 8. The lowest BCUT2D eigenvalue weighted by Crippen LogP contribution is -2.49. The summed E-state index contributed by atoms with van der Waals surface area (Å²) < 4.78 is 17.5. The monoisotopic (exact) mass is 608 g/mol. The molecule has 244 valence electrons. The number of esters is 1. The number of methoxy groups -OCH3 is 1. The van der Waals surface area contributed by atoms with Gasteiger partial charge in [-0.1, -0.05) is 91.8 Å². The Kier molecular flexibility index (Phi) is 10.9. The van der Waals surface area contributed by atoms with Crippen LogP contribution in [0.1, 0.15) is 117 Å². The van der Waals surface area contributed by atoms with Crippen molar-refractivity contribution in [2.45, 2.75) is 125 Å². The van der Waals surface area contributed by atoms with E-state index in [4.69, 9.17) is 14.2 Å². The minimum Gasteiger partial charge on any atom is -0.496 e. The van der Waals surface area contributed by atoms with Crippen molar-refractivity contribution in [3.63, 3.8) is 0 Å². The van der Waals surface area contributed by atoms with Crippen LogP contribution in [-0.2, 0) is 26.2 Å². The Bertz CT molecular complexity index is 1300.